The lowest BCUT2D eigenvalue weighted by atomic mass is 10.1. The highest BCUT2D eigenvalue weighted by Crippen LogP contribution is 2.35. The van der Waals surface area contributed by atoms with Gasteiger partial charge in [0.25, 0.3) is 0 Å². The molecule has 0 bridgehead atoms. The summed E-state index contributed by atoms with van der Waals surface area (Å²) >= 11 is 0. The van der Waals surface area contributed by atoms with Crippen LogP contribution in [0.3, 0.4) is 0 Å². The molecule has 31 heavy (non-hydrogen) atoms. The Kier molecular flexibility index (Phi) is 5.71. The highest BCUT2D eigenvalue weighted by atomic mass is 35.5. The van der Waals surface area contributed by atoms with Crippen LogP contribution in [0, 0.1) is 18.7 Å². The van der Waals surface area contributed by atoms with Gasteiger partial charge in [0.15, 0.2) is 5.82 Å². The topological polar surface area (TPSA) is 78.4 Å². The molecule has 2 N–H and O–H groups in total. The van der Waals surface area contributed by atoms with E-state index in [4.69, 9.17) is 0 Å². The number of phenols is 1. The molecule has 2 aromatic carbocycles. The molecule has 0 radical (unpaired) electrons. The maximum atomic E-state index is 14.5. The number of hydrogen-bond donors (Lipinski definition) is 2. The van der Waals surface area contributed by atoms with Crippen LogP contribution in [0.15, 0.2) is 36.4 Å². The van der Waals surface area contributed by atoms with Crippen LogP contribution in [0.25, 0.3) is 22.3 Å². The molecule has 2 heterocycles. The van der Waals surface area contributed by atoms with Crippen LogP contribution in [-0.4, -0.2) is 40.1 Å². The summed E-state index contributed by atoms with van der Waals surface area (Å²) in [4.78, 5) is 23.5. The quantitative estimate of drug-likeness (QED) is 0.639. The number of anilines is 1. The summed E-state index contributed by atoms with van der Waals surface area (Å²) in [5.41, 5.74) is 1.73. The van der Waals surface area contributed by atoms with Gasteiger partial charge in [-0.05, 0) is 56.0 Å². The van der Waals surface area contributed by atoms with Gasteiger partial charge in [-0.1, -0.05) is 12.1 Å². The lowest BCUT2D eigenvalue weighted by Gasteiger charge is -2.21. The van der Waals surface area contributed by atoms with Gasteiger partial charge in [0, 0.05) is 30.4 Å². The van der Waals surface area contributed by atoms with Crippen molar-refractivity contribution in [1.29, 1.82) is 0 Å². The molecule has 1 aliphatic carbocycles. The van der Waals surface area contributed by atoms with E-state index < -0.39 is 5.82 Å². The predicted molar refractivity (Wildman–Crippen MR) is 120 cm³/mol. The van der Waals surface area contributed by atoms with Gasteiger partial charge in [0.1, 0.15) is 17.4 Å². The molecule has 162 valence electrons. The van der Waals surface area contributed by atoms with E-state index in [0.717, 1.165) is 36.8 Å². The van der Waals surface area contributed by atoms with E-state index in [2.05, 4.69) is 20.2 Å². The summed E-state index contributed by atoms with van der Waals surface area (Å²) in [6, 6.07) is 10.1. The van der Waals surface area contributed by atoms with Crippen LogP contribution in [0.5, 0.6) is 5.75 Å². The Bertz CT molecular complexity index is 1130. The SMILES string of the molecule is Cc1ccc2c(N3CCC(NC(=O)C4CC4)C3)nc(-c3c(O)cccc3F)nc2c1.Cl. The van der Waals surface area contributed by atoms with Crippen LogP contribution in [0.1, 0.15) is 24.8 Å². The Morgan fingerprint density at radius 3 is 2.74 bits per heavy atom. The van der Waals surface area contributed by atoms with Crippen molar-refractivity contribution in [1.82, 2.24) is 15.3 Å². The first-order valence-corrected chi connectivity index (χ1v) is 10.3. The number of rotatable bonds is 4. The second-order valence-corrected chi connectivity index (χ2v) is 8.24. The Morgan fingerprint density at radius 2 is 2.00 bits per heavy atom. The van der Waals surface area contributed by atoms with Crippen LogP contribution in [0.2, 0.25) is 0 Å². The van der Waals surface area contributed by atoms with E-state index >= 15 is 0 Å². The smallest absolute Gasteiger partial charge is 0.223 e. The molecule has 1 aromatic heterocycles. The number of benzene rings is 2. The van der Waals surface area contributed by atoms with Crippen molar-refractivity contribution >= 4 is 35.0 Å². The van der Waals surface area contributed by atoms with Crippen LogP contribution in [-0.2, 0) is 4.79 Å². The van der Waals surface area contributed by atoms with Crippen molar-refractivity contribution < 1.29 is 14.3 Å². The molecule has 1 aliphatic heterocycles. The molecule has 2 fully saturated rings. The molecule has 1 saturated heterocycles. The molecular formula is C23H24ClFN4O2. The number of aromatic hydroxyl groups is 1. The first kappa shape index (κ1) is 21.3. The van der Waals surface area contributed by atoms with Crippen molar-refractivity contribution in [3.05, 3.63) is 47.8 Å². The van der Waals surface area contributed by atoms with Gasteiger partial charge < -0.3 is 15.3 Å². The van der Waals surface area contributed by atoms with Crippen molar-refractivity contribution in [2.45, 2.75) is 32.2 Å². The third-order valence-corrected chi connectivity index (χ3v) is 5.83. The van der Waals surface area contributed by atoms with Crippen molar-refractivity contribution in [2.24, 2.45) is 5.92 Å². The molecule has 6 nitrogen and oxygen atoms in total. The van der Waals surface area contributed by atoms with Gasteiger partial charge in [-0.3, -0.25) is 4.79 Å². The Morgan fingerprint density at radius 1 is 1.19 bits per heavy atom. The molecule has 1 unspecified atom stereocenters. The summed E-state index contributed by atoms with van der Waals surface area (Å²) in [5, 5.41) is 14.3. The zero-order valence-electron chi connectivity index (χ0n) is 17.1. The molecule has 2 aliphatic rings. The molecule has 1 amide bonds. The summed E-state index contributed by atoms with van der Waals surface area (Å²) in [6.07, 6.45) is 2.79. The van der Waals surface area contributed by atoms with Crippen molar-refractivity contribution in [2.75, 3.05) is 18.0 Å². The van der Waals surface area contributed by atoms with Crippen molar-refractivity contribution in [3.63, 3.8) is 0 Å². The number of nitrogens with zero attached hydrogens (tertiary/aromatic N) is 3. The summed E-state index contributed by atoms with van der Waals surface area (Å²) in [6.45, 7) is 3.35. The fraction of sp³-hybridized carbons (Fsp3) is 0.348. The highest BCUT2D eigenvalue weighted by molar-refractivity contribution is 5.92. The van der Waals surface area contributed by atoms with E-state index in [1.807, 2.05) is 25.1 Å². The van der Waals surface area contributed by atoms with Gasteiger partial charge in [0.05, 0.1) is 11.1 Å². The minimum Gasteiger partial charge on any atom is -0.507 e. The summed E-state index contributed by atoms with van der Waals surface area (Å²) < 4.78 is 14.5. The van der Waals surface area contributed by atoms with Gasteiger partial charge in [0.2, 0.25) is 5.91 Å². The average Bonchev–Trinajstić information content (AvgIpc) is 3.47. The number of aromatic nitrogens is 2. The number of amides is 1. The van der Waals surface area contributed by atoms with E-state index in [9.17, 15) is 14.3 Å². The normalized spacial score (nSPS) is 18.1. The van der Waals surface area contributed by atoms with Gasteiger partial charge in [-0.25, -0.2) is 14.4 Å². The predicted octanol–water partition coefficient (Wildman–Crippen LogP) is 3.98. The van der Waals surface area contributed by atoms with E-state index in [-0.39, 0.29) is 47.4 Å². The van der Waals surface area contributed by atoms with E-state index in [1.165, 1.54) is 18.2 Å². The van der Waals surface area contributed by atoms with Gasteiger partial charge in [-0.15, -0.1) is 12.4 Å². The fourth-order valence-electron chi connectivity index (χ4n) is 4.04. The molecule has 1 saturated carbocycles. The monoisotopic (exact) mass is 442 g/mol. The number of nitrogens with one attached hydrogen (secondary N) is 1. The molecule has 3 aromatic rings. The number of hydrogen-bond acceptors (Lipinski definition) is 5. The van der Waals surface area contributed by atoms with E-state index in [1.54, 1.807) is 0 Å². The summed E-state index contributed by atoms with van der Waals surface area (Å²) in [7, 11) is 0. The zero-order chi connectivity index (χ0) is 20.8. The first-order chi connectivity index (χ1) is 14.5. The highest BCUT2D eigenvalue weighted by Gasteiger charge is 2.33. The number of fused-ring (bicyclic) bond motifs is 1. The average molecular weight is 443 g/mol. The van der Waals surface area contributed by atoms with Crippen molar-refractivity contribution in [3.8, 4) is 17.1 Å². The zero-order valence-corrected chi connectivity index (χ0v) is 18.0. The van der Waals surface area contributed by atoms with Crippen LogP contribution in [0.4, 0.5) is 10.2 Å². The Balaban J connectivity index is 0.00000231. The standard InChI is InChI=1S/C23H23FN4O2.ClH/c1-13-5-8-16-18(11-13)26-21(20-17(24)3-2-4-19(20)29)27-22(16)28-10-9-15(12-28)25-23(30)14-6-7-14;/h2-5,8,11,14-15,29H,6-7,9-10,12H2,1H3,(H,25,30);1H. The van der Waals surface area contributed by atoms with Gasteiger partial charge in [-0.2, -0.15) is 0 Å². The summed E-state index contributed by atoms with van der Waals surface area (Å²) in [5.74, 6) is 0.414. The first-order valence-electron chi connectivity index (χ1n) is 10.3. The third kappa shape index (κ3) is 4.14. The Labute approximate surface area is 185 Å². The van der Waals surface area contributed by atoms with Gasteiger partial charge >= 0.3 is 0 Å². The minimum absolute atomic E-state index is 0. The number of carbonyl (C=O) groups excluding carboxylic acids is 1. The van der Waals surface area contributed by atoms with E-state index in [0.29, 0.717) is 17.9 Å². The Hall–Kier alpha value is -2.93. The number of aryl methyl sites for hydroxylation is 1. The van der Waals surface area contributed by atoms with Crippen LogP contribution < -0.4 is 10.2 Å². The third-order valence-electron chi connectivity index (χ3n) is 5.83. The van der Waals surface area contributed by atoms with Crippen LogP contribution >= 0.6 is 12.4 Å². The lowest BCUT2D eigenvalue weighted by Crippen LogP contribution is -2.38. The maximum Gasteiger partial charge on any atom is 0.223 e. The molecule has 8 heteroatoms. The fourth-order valence-corrected chi connectivity index (χ4v) is 4.04. The molecule has 0 spiro atoms. The second-order valence-electron chi connectivity index (χ2n) is 8.24. The minimum atomic E-state index is -0.566. The number of phenolic OH excluding ortho intramolecular Hbond substituents is 1. The molecule has 5 rings (SSSR count). The maximum absolute atomic E-state index is 14.5. The second kappa shape index (κ2) is 8.30. The lowest BCUT2D eigenvalue weighted by molar-refractivity contribution is -0.122. The largest absolute Gasteiger partial charge is 0.507 e. The number of carbonyl (C=O) groups is 1. The molecular weight excluding hydrogens is 419 g/mol. The molecule has 1 atom stereocenters. The number of halogens is 2.